The van der Waals surface area contributed by atoms with Gasteiger partial charge in [-0.2, -0.15) is 0 Å². The molecule has 0 unspecified atom stereocenters. The summed E-state index contributed by atoms with van der Waals surface area (Å²) in [4.78, 5) is 21.4. The second-order valence-electron chi connectivity index (χ2n) is 3.67. The Morgan fingerprint density at radius 2 is 2.18 bits per heavy atom. The summed E-state index contributed by atoms with van der Waals surface area (Å²) in [5.74, 6) is 0.0582. The Morgan fingerprint density at radius 3 is 2.76 bits per heavy atom. The second kappa shape index (κ2) is 4.25. The van der Waals surface area contributed by atoms with Crippen molar-refractivity contribution in [3.8, 4) is 0 Å². The third kappa shape index (κ3) is 2.41. The van der Waals surface area contributed by atoms with Gasteiger partial charge < -0.3 is 8.98 Å². The van der Waals surface area contributed by atoms with Crippen LogP contribution in [0.2, 0.25) is 0 Å². The number of furan rings is 1. The molecular formula is C11H10N2O4. The zero-order valence-electron chi connectivity index (χ0n) is 9.12. The third-order valence-electron chi connectivity index (χ3n) is 2.31. The Morgan fingerprint density at radius 1 is 1.41 bits per heavy atom. The molecule has 6 heteroatoms. The van der Waals surface area contributed by atoms with Gasteiger partial charge in [0.15, 0.2) is 0 Å². The highest BCUT2D eigenvalue weighted by molar-refractivity contribution is 5.18. The van der Waals surface area contributed by atoms with Crippen molar-refractivity contribution in [3.63, 3.8) is 0 Å². The third-order valence-corrected chi connectivity index (χ3v) is 2.31. The van der Waals surface area contributed by atoms with Crippen LogP contribution in [0.5, 0.6) is 0 Å². The van der Waals surface area contributed by atoms with Gasteiger partial charge in [0.05, 0.1) is 12.6 Å². The van der Waals surface area contributed by atoms with Crippen molar-refractivity contribution in [2.45, 2.75) is 13.5 Å². The van der Waals surface area contributed by atoms with Crippen molar-refractivity contribution < 1.29 is 9.34 Å². The van der Waals surface area contributed by atoms with E-state index in [0.717, 1.165) is 5.56 Å². The van der Waals surface area contributed by atoms with E-state index in [1.807, 2.05) is 6.92 Å². The molecule has 2 aromatic heterocycles. The molecule has 0 radical (unpaired) electrons. The standard InChI is InChI=1S/C11H10N2O4/c1-8-4-5-12(10(14)6-8)7-9-2-3-11(17-9)13(15)16/h2-6H,7H2,1H3. The molecule has 0 aromatic carbocycles. The van der Waals surface area contributed by atoms with E-state index >= 15 is 0 Å². The molecule has 88 valence electrons. The lowest BCUT2D eigenvalue weighted by Crippen LogP contribution is -2.18. The summed E-state index contributed by atoms with van der Waals surface area (Å²) in [5, 5.41) is 10.4. The maximum Gasteiger partial charge on any atom is 0.433 e. The largest absolute Gasteiger partial charge is 0.433 e. The molecule has 2 rings (SSSR count). The topological polar surface area (TPSA) is 78.3 Å². The van der Waals surface area contributed by atoms with Crippen LogP contribution in [-0.2, 0) is 6.54 Å². The predicted molar refractivity (Wildman–Crippen MR) is 59.9 cm³/mol. The van der Waals surface area contributed by atoms with Crippen LogP contribution in [0.3, 0.4) is 0 Å². The average molecular weight is 234 g/mol. The van der Waals surface area contributed by atoms with Gasteiger partial charge in [0.25, 0.3) is 5.56 Å². The zero-order chi connectivity index (χ0) is 12.4. The molecule has 0 fully saturated rings. The molecule has 0 spiro atoms. The fourth-order valence-corrected chi connectivity index (χ4v) is 1.46. The van der Waals surface area contributed by atoms with Gasteiger partial charge in [0.1, 0.15) is 10.7 Å². The minimum absolute atomic E-state index is 0.163. The van der Waals surface area contributed by atoms with Crippen molar-refractivity contribution in [2.75, 3.05) is 0 Å². The van der Waals surface area contributed by atoms with Crippen LogP contribution >= 0.6 is 0 Å². The summed E-state index contributed by atoms with van der Waals surface area (Å²) in [7, 11) is 0. The molecular weight excluding hydrogens is 224 g/mol. The number of hydrogen-bond donors (Lipinski definition) is 0. The Kier molecular flexibility index (Phi) is 2.78. The monoisotopic (exact) mass is 234 g/mol. The van der Waals surface area contributed by atoms with Crippen LogP contribution in [0.25, 0.3) is 0 Å². The number of nitrogens with zero attached hydrogens (tertiary/aromatic N) is 2. The van der Waals surface area contributed by atoms with E-state index in [0.29, 0.717) is 5.76 Å². The van der Waals surface area contributed by atoms with E-state index in [4.69, 9.17) is 4.42 Å². The normalized spacial score (nSPS) is 10.4. The Labute approximate surface area is 96.3 Å². The average Bonchev–Trinajstić information content (AvgIpc) is 2.71. The maximum atomic E-state index is 11.6. The highest BCUT2D eigenvalue weighted by atomic mass is 16.6. The summed E-state index contributed by atoms with van der Waals surface area (Å²) in [6.07, 6.45) is 1.63. The van der Waals surface area contributed by atoms with Crippen molar-refractivity contribution in [3.05, 3.63) is 62.3 Å². The smallest absolute Gasteiger partial charge is 0.404 e. The minimum atomic E-state index is -0.610. The summed E-state index contributed by atoms with van der Waals surface area (Å²) in [6, 6.07) is 6.05. The van der Waals surface area contributed by atoms with Crippen LogP contribution in [0, 0.1) is 17.0 Å². The van der Waals surface area contributed by atoms with E-state index < -0.39 is 4.92 Å². The van der Waals surface area contributed by atoms with Gasteiger partial charge in [0.2, 0.25) is 0 Å². The zero-order valence-corrected chi connectivity index (χ0v) is 9.12. The SMILES string of the molecule is Cc1ccn(Cc2ccc([N+](=O)[O-])o2)c(=O)c1. The van der Waals surface area contributed by atoms with Crippen molar-refractivity contribution in [2.24, 2.45) is 0 Å². The first-order valence-electron chi connectivity index (χ1n) is 4.96. The summed E-state index contributed by atoms with van der Waals surface area (Å²) >= 11 is 0. The van der Waals surface area contributed by atoms with E-state index in [1.165, 1.54) is 22.8 Å². The Hall–Kier alpha value is -2.37. The molecule has 0 N–H and O–H groups in total. The quantitative estimate of drug-likeness (QED) is 0.598. The van der Waals surface area contributed by atoms with E-state index in [2.05, 4.69) is 0 Å². The van der Waals surface area contributed by atoms with E-state index in [9.17, 15) is 14.9 Å². The van der Waals surface area contributed by atoms with Gasteiger partial charge in [0, 0.05) is 12.3 Å². The minimum Gasteiger partial charge on any atom is -0.404 e. The number of hydrogen-bond acceptors (Lipinski definition) is 4. The van der Waals surface area contributed by atoms with Gasteiger partial charge in [-0.15, -0.1) is 0 Å². The Bertz CT molecular complexity index is 612. The molecule has 0 aliphatic heterocycles. The lowest BCUT2D eigenvalue weighted by molar-refractivity contribution is -0.402. The molecule has 2 heterocycles. The maximum absolute atomic E-state index is 11.6. The number of pyridine rings is 1. The first-order valence-corrected chi connectivity index (χ1v) is 4.96. The molecule has 0 bridgehead atoms. The first kappa shape index (κ1) is 11.1. The second-order valence-corrected chi connectivity index (χ2v) is 3.67. The molecule has 0 amide bonds. The van der Waals surface area contributed by atoms with Gasteiger partial charge >= 0.3 is 5.88 Å². The van der Waals surface area contributed by atoms with E-state index in [-0.39, 0.29) is 18.0 Å². The van der Waals surface area contributed by atoms with Crippen LogP contribution in [0.15, 0.2) is 39.7 Å². The fourth-order valence-electron chi connectivity index (χ4n) is 1.46. The van der Waals surface area contributed by atoms with Gasteiger partial charge in [-0.25, -0.2) is 0 Å². The molecule has 0 saturated carbocycles. The van der Waals surface area contributed by atoms with Crippen LogP contribution in [-0.4, -0.2) is 9.49 Å². The number of aromatic nitrogens is 1. The predicted octanol–water partition coefficient (Wildman–Crippen LogP) is 1.71. The molecule has 6 nitrogen and oxygen atoms in total. The van der Waals surface area contributed by atoms with Gasteiger partial charge in [-0.05, 0) is 24.6 Å². The van der Waals surface area contributed by atoms with Crippen molar-refractivity contribution in [1.82, 2.24) is 4.57 Å². The number of rotatable bonds is 3. The summed E-state index contributed by atoms with van der Waals surface area (Å²) in [6.45, 7) is 2.01. The molecule has 0 aliphatic rings. The Balaban J connectivity index is 2.25. The fraction of sp³-hybridized carbons (Fsp3) is 0.182. The van der Waals surface area contributed by atoms with Crippen molar-refractivity contribution in [1.29, 1.82) is 0 Å². The summed E-state index contributed by atoms with van der Waals surface area (Å²) < 4.78 is 6.40. The van der Waals surface area contributed by atoms with Crippen molar-refractivity contribution >= 4 is 5.88 Å². The molecule has 17 heavy (non-hydrogen) atoms. The highest BCUT2D eigenvalue weighted by Gasteiger charge is 2.12. The summed E-state index contributed by atoms with van der Waals surface area (Å²) in [5.41, 5.74) is 0.709. The van der Waals surface area contributed by atoms with Crippen LogP contribution in [0.1, 0.15) is 11.3 Å². The molecule has 0 atom stereocenters. The van der Waals surface area contributed by atoms with Gasteiger partial charge in [-0.3, -0.25) is 14.9 Å². The van der Waals surface area contributed by atoms with E-state index in [1.54, 1.807) is 12.3 Å². The lowest BCUT2D eigenvalue weighted by atomic mass is 10.3. The lowest BCUT2D eigenvalue weighted by Gasteiger charge is -2.02. The van der Waals surface area contributed by atoms with Crippen LogP contribution in [0.4, 0.5) is 5.88 Å². The highest BCUT2D eigenvalue weighted by Crippen LogP contribution is 2.15. The molecule has 2 aromatic rings. The molecule has 0 saturated heterocycles. The molecule has 0 aliphatic carbocycles. The van der Waals surface area contributed by atoms with Gasteiger partial charge in [-0.1, -0.05) is 0 Å². The van der Waals surface area contributed by atoms with Crippen LogP contribution < -0.4 is 5.56 Å². The number of aryl methyl sites for hydroxylation is 1. The first-order chi connectivity index (χ1) is 8.06. The number of nitro groups is 1.